The van der Waals surface area contributed by atoms with Crippen LogP contribution in [-0.2, 0) is 16.1 Å². The third-order valence-electron chi connectivity index (χ3n) is 5.20. The first-order valence-electron chi connectivity index (χ1n) is 10.3. The van der Waals surface area contributed by atoms with Crippen LogP contribution in [0, 0.1) is 20.6 Å². The fourth-order valence-electron chi connectivity index (χ4n) is 3.43. The molecule has 0 N–H and O–H groups in total. The third kappa shape index (κ3) is 5.54. The molecular weight excluding hydrogens is 631 g/mol. The van der Waals surface area contributed by atoms with Crippen LogP contribution < -0.4 is 9.47 Å². The van der Waals surface area contributed by atoms with Crippen LogP contribution in [0.5, 0.6) is 11.5 Å². The first-order chi connectivity index (χ1) is 16.8. The summed E-state index contributed by atoms with van der Waals surface area (Å²) in [4.78, 5) is 27.5. The maximum absolute atomic E-state index is 12.5. The summed E-state index contributed by atoms with van der Waals surface area (Å²) in [5.74, 6) is 0.476. The lowest BCUT2D eigenvalue weighted by molar-refractivity contribution is -0.385. The molecule has 0 aromatic heterocycles. The van der Waals surface area contributed by atoms with Crippen molar-refractivity contribution in [3.63, 3.8) is 0 Å². The lowest BCUT2D eigenvalue weighted by Crippen LogP contribution is -2.08. The van der Waals surface area contributed by atoms with Crippen molar-refractivity contribution in [2.45, 2.75) is 13.5 Å². The van der Waals surface area contributed by atoms with Crippen LogP contribution in [0.25, 0.3) is 6.08 Å². The van der Waals surface area contributed by atoms with Crippen LogP contribution in [-0.4, -0.2) is 23.9 Å². The number of nitro benzene ring substituents is 1. The standard InChI is InChI=1S/C25H18BrIN2O6/c1-14-18(4-3-5-21(14)29(31)32)24-28-20(25(30)35-24)11-16-10-19(27)23(22(12-16)33-2)34-13-15-6-8-17(26)9-7-15/h3-12H,13H2,1-2H3/b20-11-. The predicted molar refractivity (Wildman–Crippen MR) is 143 cm³/mol. The van der Waals surface area contributed by atoms with E-state index in [9.17, 15) is 14.9 Å². The van der Waals surface area contributed by atoms with Gasteiger partial charge in [0.05, 0.1) is 15.6 Å². The number of ether oxygens (including phenoxy) is 3. The number of esters is 1. The minimum absolute atomic E-state index is 0.0264. The van der Waals surface area contributed by atoms with Gasteiger partial charge in [-0.15, -0.1) is 0 Å². The van der Waals surface area contributed by atoms with E-state index in [1.54, 1.807) is 32.2 Å². The van der Waals surface area contributed by atoms with Gasteiger partial charge in [0.2, 0.25) is 5.90 Å². The van der Waals surface area contributed by atoms with E-state index in [-0.39, 0.29) is 17.3 Å². The topological polar surface area (TPSA) is 100 Å². The second-order valence-corrected chi connectivity index (χ2v) is 9.57. The first kappa shape index (κ1) is 24.9. The van der Waals surface area contributed by atoms with Gasteiger partial charge in [-0.05, 0) is 77.0 Å². The Bertz CT molecular complexity index is 1390. The molecule has 0 amide bonds. The summed E-state index contributed by atoms with van der Waals surface area (Å²) >= 11 is 5.56. The van der Waals surface area contributed by atoms with Crippen molar-refractivity contribution in [3.05, 3.63) is 101 Å². The number of methoxy groups -OCH3 is 1. The van der Waals surface area contributed by atoms with Gasteiger partial charge in [-0.3, -0.25) is 10.1 Å². The largest absolute Gasteiger partial charge is 0.493 e. The van der Waals surface area contributed by atoms with E-state index in [0.29, 0.717) is 34.8 Å². The Morgan fingerprint density at radius 3 is 2.63 bits per heavy atom. The van der Waals surface area contributed by atoms with E-state index in [2.05, 4.69) is 43.5 Å². The van der Waals surface area contributed by atoms with E-state index in [4.69, 9.17) is 14.2 Å². The van der Waals surface area contributed by atoms with Gasteiger partial charge in [0.1, 0.15) is 6.61 Å². The first-order valence-corrected chi connectivity index (χ1v) is 12.2. The summed E-state index contributed by atoms with van der Waals surface area (Å²) in [6.07, 6.45) is 1.57. The van der Waals surface area contributed by atoms with Crippen LogP contribution in [0.2, 0.25) is 0 Å². The Morgan fingerprint density at radius 2 is 1.94 bits per heavy atom. The maximum Gasteiger partial charge on any atom is 0.363 e. The molecule has 0 bridgehead atoms. The molecule has 0 saturated heterocycles. The minimum Gasteiger partial charge on any atom is -0.493 e. The molecule has 0 aliphatic carbocycles. The quantitative estimate of drug-likeness (QED) is 0.0994. The summed E-state index contributed by atoms with van der Waals surface area (Å²) < 4.78 is 18.6. The van der Waals surface area contributed by atoms with E-state index < -0.39 is 10.9 Å². The molecule has 35 heavy (non-hydrogen) atoms. The molecule has 10 heteroatoms. The molecule has 0 atom stereocenters. The second-order valence-electron chi connectivity index (χ2n) is 7.49. The van der Waals surface area contributed by atoms with Gasteiger partial charge >= 0.3 is 5.97 Å². The zero-order chi connectivity index (χ0) is 25.1. The number of cyclic esters (lactones) is 1. The van der Waals surface area contributed by atoms with E-state index >= 15 is 0 Å². The van der Waals surface area contributed by atoms with Gasteiger partial charge in [-0.25, -0.2) is 9.79 Å². The smallest absolute Gasteiger partial charge is 0.363 e. The number of rotatable bonds is 7. The van der Waals surface area contributed by atoms with Crippen molar-refractivity contribution in [3.8, 4) is 11.5 Å². The molecule has 1 aliphatic rings. The molecule has 8 nitrogen and oxygen atoms in total. The monoisotopic (exact) mass is 648 g/mol. The summed E-state index contributed by atoms with van der Waals surface area (Å²) in [7, 11) is 1.54. The molecule has 0 spiro atoms. The Morgan fingerprint density at radius 1 is 1.20 bits per heavy atom. The molecular formula is C25H18BrIN2O6. The van der Waals surface area contributed by atoms with E-state index in [0.717, 1.165) is 13.6 Å². The van der Waals surface area contributed by atoms with Crippen molar-refractivity contribution in [1.29, 1.82) is 0 Å². The number of hydrogen-bond acceptors (Lipinski definition) is 7. The zero-order valence-corrected chi connectivity index (χ0v) is 22.3. The van der Waals surface area contributed by atoms with Crippen LogP contribution in [0.1, 0.15) is 22.3 Å². The molecule has 178 valence electrons. The Hall–Kier alpha value is -3.25. The maximum atomic E-state index is 12.5. The number of carbonyl (C=O) groups is 1. The van der Waals surface area contributed by atoms with Gasteiger partial charge in [0, 0.05) is 21.7 Å². The number of nitro groups is 1. The predicted octanol–water partition coefficient (Wildman–Crippen LogP) is 6.20. The summed E-state index contributed by atoms with van der Waals surface area (Å²) in [5, 5.41) is 11.2. The zero-order valence-electron chi connectivity index (χ0n) is 18.6. The Kier molecular flexibility index (Phi) is 7.51. The molecule has 4 rings (SSSR count). The van der Waals surface area contributed by atoms with Crippen LogP contribution in [0.4, 0.5) is 5.69 Å². The van der Waals surface area contributed by atoms with Crippen molar-refractivity contribution < 1.29 is 23.9 Å². The SMILES string of the molecule is COc1cc(/C=C2\N=C(c3cccc([N+](=O)[O-])c3C)OC2=O)cc(I)c1OCc1ccc(Br)cc1. The normalized spacial score (nSPS) is 14.0. The molecule has 0 fully saturated rings. The van der Waals surface area contributed by atoms with Crippen molar-refractivity contribution >= 4 is 62.2 Å². The second kappa shape index (κ2) is 10.6. The average molecular weight is 649 g/mol. The highest BCUT2D eigenvalue weighted by Crippen LogP contribution is 2.36. The van der Waals surface area contributed by atoms with Crippen LogP contribution in [0.3, 0.4) is 0 Å². The number of benzene rings is 3. The summed E-state index contributed by atoms with van der Waals surface area (Å²) in [6, 6.07) is 15.9. The van der Waals surface area contributed by atoms with Crippen molar-refractivity contribution in [2.24, 2.45) is 4.99 Å². The average Bonchev–Trinajstić information content (AvgIpc) is 3.18. The van der Waals surface area contributed by atoms with Gasteiger partial charge in [0.15, 0.2) is 17.2 Å². The molecule has 0 unspecified atom stereocenters. The van der Waals surface area contributed by atoms with Crippen LogP contribution in [0.15, 0.2) is 69.8 Å². The van der Waals surface area contributed by atoms with Crippen LogP contribution >= 0.6 is 38.5 Å². The molecule has 1 aliphatic heterocycles. The Labute approximate surface area is 223 Å². The van der Waals surface area contributed by atoms with E-state index in [1.807, 2.05) is 30.3 Å². The third-order valence-corrected chi connectivity index (χ3v) is 6.53. The number of hydrogen-bond donors (Lipinski definition) is 0. The van der Waals surface area contributed by atoms with Crippen molar-refractivity contribution in [1.82, 2.24) is 0 Å². The summed E-state index contributed by atoms with van der Waals surface area (Å²) in [6.45, 7) is 1.95. The molecule has 3 aromatic carbocycles. The number of halogens is 2. The number of aliphatic imine (C=N–C) groups is 1. The minimum atomic E-state index is -0.643. The van der Waals surface area contributed by atoms with Gasteiger partial charge in [-0.2, -0.15) is 0 Å². The number of carbonyl (C=O) groups excluding carboxylic acids is 1. The molecule has 1 heterocycles. The van der Waals surface area contributed by atoms with Gasteiger partial charge in [-0.1, -0.05) is 34.1 Å². The fraction of sp³-hybridized carbons (Fsp3) is 0.120. The molecule has 0 saturated carbocycles. The lowest BCUT2D eigenvalue weighted by Gasteiger charge is -2.14. The Balaban J connectivity index is 1.61. The van der Waals surface area contributed by atoms with E-state index in [1.165, 1.54) is 12.1 Å². The fourth-order valence-corrected chi connectivity index (χ4v) is 4.48. The van der Waals surface area contributed by atoms with Crippen molar-refractivity contribution in [2.75, 3.05) is 7.11 Å². The van der Waals surface area contributed by atoms with Gasteiger partial charge in [0.25, 0.3) is 5.69 Å². The summed E-state index contributed by atoms with van der Waals surface area (Å²) in [5.41, 5.74) is 2.43. The highest BCUT2D eigenvalue weighted by molar-refractivity contribution is 14.1. The number of nitrogens with zero attached hydrogens (tertiary/aromatic N) is 2. The molecule has 0 radical (unpaired) electrons. The lowest BCUT2D eigenvalue weighted by atomic mass is 10.1. The van der Waals surface area contributed by atoms with Gasteiger partial charge < -0.3 is 14.2 Å². The molecule has 3 aromatic rings. The highest BCUT2D eigenvalue weighted by Gasteiger charge is 2.27. The highest BCUT2D eigenvalue weighted by atomic mass is 127.